The Morgan fingerprint density at radius 1 is 0.933 bits per heavy atom. The van der Waals surface area contributed by atoms with E-state index in [9.17, 15) is 4.39 Å². The molecule has 0 saturated carbocycles. The first-order valence-electron chi connectivity index (χ1n) is 9.97. The Bertz CT molecular complexity index is 1170. The molecule has 30 heavy (non-hydrogen) atoms. The molecule has 3 heterocycles. The lowest BCUT2D eigenvalue weighted by atomic mass is 10.2. The molecule has 6 nitrogen and oxygen atoms in total. The van der Waals surface area contributed by atoms with Crippen LogP contribution >= 0.6 is 0 Å². The molecule has 1 aliphatic rings. The summed E-state index contributed by atoms with van der Waals surface area (Å²) >= 11 is 0. The van der Waals surface area contributed by atoms with E-state index in [0.29, 0.717) is 23.0 Å². The fourth-order valence-electron chi connectivity index (χ4n) is 3.69. The van der Waals surface area contributed by atoms with Gasteiger partial charge in [-0.2, -0.15) is 0 Å². The molecule has 1 fully saturated rings. The van der Waals surface area contributed by atoms with E-state index in [0.717, 1.165) is 42.6 Å². The summed E-state index contributed by atoms with van der Waals surface area (Å²) < 4.78 is 14.9. The highest BCUT2D eigenvalue weighted by molar-refractivity contribution is 5.92. The summed E-state index contributed by atoms with van der Waals surface area (Å²) in [5.41, 5.74) is 2.97. The first-order valence-corrected chi connectivity index (χ1v) is 9.97. The van der Waals surface area contributed by atoms with Gasteiger partial charge in [0, 0.05) is 55.2 Å². The Balaban J connectivity index is 1.51. The van der Waals surface area contributed by atoms with E-state index >= 15 is 0 Å². The van der Waals surface area contributed by atoms with Crippen LogP contribution in [0.2, 0.25) is 0 Å². The number of rotatable bonds is 4. The summed E-state index contributed by atoms with van der Waals surface area (Å²) in [6, 6.07) is 16.8. The van der Waals surface area contributed by atoms with Crippen LogP contribution in [0.1, 0.15) is 0 Å². The van der Waals surface area contributed by atoms with E-state index in [1.54, 1.807) is 12.4 Å². The molecular formula is C23H21FN6. The van der Waals surface area contributed by atoms with Crippen LogP contribution in [-0.4, -0.2) is 41.1 Å². The third-order valence-corrected chi connectivity index (χ3v) is 5.21. The van der Waals surface area contributed by atoms with Crippen LogP contribution in [0, 0.1) is 5.82 Å². The number of benzene rings is 2. The number of hydrogen-bond acceptors (Lipinski definition) is 6. The first-order chi connectivity index (χ1) is 14.8. The molecule has 2 N–H and O–H groups in total. The van der Waals surface area contributed by atoms with Gasteiger partial charge in [-0.15, -0.1) is 0 Å². The van der Waals surface area contributed by atoms with Gasteiger partial charge in [0.2, 0.25) is 0 Å². The normalized spacial score (nSPS) is 14.1. The molecule has 0 spiro atoms. The number of anilines is 3. The molecule has 0 unspecified atom stereocenters. The highest BCUT2D eigenvalue weighted by Gasteiger charge is 2.15. The molecule has 2 aromatic carbocycles. The summed E-state index contributed by atoms with van der Waals surface area (Å²) in [5, 5.41) is 7.46. The minimum atomic E-state index is -0.241. The van der Waals surface area contributed by atoms with Crippen LogP contribution < -0.4 is 15.5 Å². The van der Waals surface area contributed by atoms with Crippen molar-refractivity contribution in [2.45, 2.75) is 0 Å². The van der Waals surface area contributed by atoms with Gasteiger partial charge in [-0.05, 0) is 42.5 Å². The van der Waals surface area contributed by atoms with Gasteiger partial charge in [0.25, 0.3) is 0 Å². The second kappa shape index (κ2) is 8.04. The number of hydrogen-bond donors (Lipinski definition) is 2. The van der Waals surface area contributed by atoms with Crippen molar-refractivity contribution in [3.8, 4) is 11.4 Å². The second-order valence-electron chi connectivity index (χ2n) is 7.18. The molecule has 0 aliphatic carbocycles. The number of halogens is 1. The third-order valence-electron chi connectivity index (χ3n) is 5.21. The van der Waals surface area contributed by atoms with Gasteiger partial charge in [0.15, 0.2) is 5.82 Å². The molecule has 4 aromatic rings. The van der Waals surface area contributed by atoms with Gasteiger partial charge in [-0.25, -0.2) is 14.4 Å². The predicted molar refractivity (Wildman–Crippen MR) is 118 cm³/mol. The second-order valence-corrected chi connectivity index (χ2v) is 7.18. The monoisotopic (exact) mass is 400 g/mol. The average molecular weight is 400 g/mol. The van der Waals surface area contributed by atoms with E-state index in [4.69, 9.17) is 4.98 Å². The summed E-state index contributed by atoms with van der Waals surface area (Å²) in [5.74, 6) is 0.993. The molecule has 0 bridgehead atoms. The lowest BCUT2D eigenvalue weighted by Crippen LogP contribution is -2.43. The maximum Gasteiger partial charge on any atom is 0.162 e. The van der Waals surface area contributed by atoms with Crippen molar-refractivity contribution in [1.82, 2.24) is 20.3 Å². The highest BCUT2D eigenvalue weighted by atomic mass is 19.1. The molecule has 0 radical (unpaired) electrons. The largest absolute Gasteiger partial charge is 0.367 e. The topological polar surface area (TPSA) is 66.0 Å². The Morgan fingerprint density at radius 2 is 1.73 bits per heavy atom. The van der Waals surface area contributed by atoms with Crippen LogP contribution in [0.15, 0.2) is 67.0 Å². The predicted octanol–water partition coefficient (Wildman–Crippen LogP) is 3.98. The Morgan fingerprint density at radius 3 is 2.53 bits per heavy atom. The maximum atomic E-state index is 14.9. The lowest BCUT2D eigenvalue weighted by Gasteiger charge is -2.29. The molecule has 1 saturated heterocycles. The van der Waals surface area contributed by atoms with Crippen molar-refractivity contribution in [1.29, 1.82) is 0 Å². The van der Waals surface area contributed by atoms with Gasteiger partial charge in [-0.3, -0.25) is 4.98 Å². The van der Waals surface area contributed by atoms with Crippen LogP contribution in [0.25, 0.3) is 22.3 Å². The van der Waals surface area contributed by atoms with E-state index < -0.39 is 0 Å². The minimum absolute atomic E-state index is 0.241. The summed E-state index contributed by atoms with van der Waals surface area (Å²) in [7, 11) is 0. The number of para-hydroxylation sites is 1. The Kier molecular flexibility index (Phi) is 4.94. The molecule has 0 amide bonds. The lowest BCUT2D eigenvalue weighted by molar-refractivity contribution is 0.566. The molecule has 2 aromatic heterocycles. The van der Waals surface area contributed by atoms with E-state index in [1.807, 2.05) is 48.5 Å². The zero-order valence-corrected chi connectivity index (χ0v) is 16.3. The van der Waals surface area contributed by atoms with Gasteiger partial charge in [0.1, 0.15) is 11.6 Å². The maximum absolute atomic E-state index is 14.9. The highest BCUT2D eigenvalue weighted by Crippen LogP contribution is 2.29. The molecule has 1 aliphatic heterocycles. The number of nitrogens with one attached hydrogen (secondary N) is 2. The Labute approximate surface area is 173 Å². The van der Waals surface area contributed by atoms with Gasteiger partial charge in [0.05, 0.1) is 11.2 Å². The Hall–Kier alpha value is -3.58. The van der Waals surface area contributed by atoms with Crippen molar-refractivity contribution >= 4 is 28.1 Å². The smallest absolute Gasteiger partial charge is 0.162 e. The minimum Gasteiger partial charge on any atom is -0.367 e. The van der Waals surface area contributed by atoms with Crippen molar-refractivity contribution in [3.63, 3.8) is 0 Å². The molecule has 7 heteroatoms. The van der Waals surface area contributed by atoms with E-state index in [-0.39, 0.29) is 5.82 Å². The van der Waals surface area contributed by atoms with E-state index in [2.05, 4.69) is 25.5 Å². The van der Waals surface area contributed by atoms with Crippen LogP contribution in [-0.2, 0) is 0 Å². The van der Waals surface area contributed by atoms with Crippen LogP contribution in [0.4, 0.5) is 21.6 Å². The van der Waals surface area contributed by atoms with Crippen LogP contribution in [0.3, 0.4) is 0 Å². The standard InChI is InChI=1S/C23H21FN6/c24-19-15-17(5-6-21(19)30-13-11-26-12-14-30)27-23-18-3-1-2-4-20(18)28-22(29-23)16-7-9-25-10-8-16/h1-10,15,26H,11-14H2,(H,27,28,29). The zero-order valence-electron chi connectivity index (χ0n) is 16.3. The zero-order chi connectivity index (χ0) is 20.3. The van der Waals surface area contributed by atoms with Gasteiger partial charge < -0.3 is 15.5 Å². The van der Waals surface area contributed by atoms with Crippen molar-refractivity contribution in [2.24, 2.45) is 0 Å². The molecular weight excluding hydrogens is 379 g/mol. The molecule has 5 rings (SSSR count). The summed E-state index contributed by atoms with van der Waals surface area (Å²) in [4.78, 5) is 15.5. The molecule has 0 atom stereocenters. The van der Waals surface area contributed by atoms with Crippen LogP contribution in [0.5, 0.6) is 0 Å². The third kappa shape index (κ3) is 3.67. The number of pyridine rings is 1. The average Bonchev–Trinajstić information content (AvgIpc) is 2.80. The SMILES string of the molecule is Fc1cc(Nc2nc(-c3ccncc3)nc3ccccc23)ccc1N1CCNCC1. The number of fused-ring (bicyclic) bond motifs is 1. The fourth-order valence-corrected chi connectivity index (χ4v) is 3.69. The number of piperazine rings is 1. The number of nitrogens with zero attached hydrogens (tertiary/aromatic N) is 4. The van der Waals surface area contributed by atoms with Gasteiger partial charge in [-0.1, -0.05) is 12.1 Å². The summed E-state index contributed by atoms with van der Waals surface area (Å²) in [6.07, 6.45) is 3.43. The van der Waals surface area contributed by atoms with Crippen molar-refractivity contribution in [3.05, 3.63) is 72.8 Å². The molecule has 150 valence electrons. The first kappa shape index (κ1) is 18.4. The van der Waals surface area contributed by atoms with E-state index in [1.165, 1.54) is 6.07 Å². The van der Waals surface area contributed by atoms with Crippen molar-refractivity contribution in [2.75, 3.05) is 36.4 Å². The quantitative estimate of drug-likeness (QED) is 0.540. The van der Waals surface area contributed by atoms with Crippen molar-refractivity contribution < 1.29 is 4.39 Å². The fraction of sp³-hybridized carbons (Fsp3) is 0.174. The summed E-state index contributed by atoms with van der Waals surface area (Å²) in [6.45, 7) is 3.33. The van der Waals surface area contributed by atoms with Gasteiger partial charge >= 0.3 is 0 Å². The number of aromatic nitrogens is 3.